The van der Waals surface area contributed by atoms with Crippen molar-refractivity contribution in [2.75, 3.05) is 31.5 Å². The Hall–Kier alpha value is -1.40. The molecule has 3 nitrogen and oxygen atoms in total. The smallest absolute Gasteiger partial charge is 0.173 e. The summed E-state index contributed by atoms with van der Waals surface area (Å²) in [5.74, 6) is -0.382. The van der Waals surface area contributed by atoms with Crippen LogP contribution in [0.3, 0.4) is 0 Å². The van der Waals surface area contributed by atoms with Crippen LogP contribution in [-0.4, -0.2) is 41.1 Å². The normalized spacial score (nSPS) is 15.2. The van der Waals surface area contributed by atoms with Crippen LogP contribution in [-0.2, 0) is 6.54 Å². The van der Waals surface area contributed by atoms with Gasteiger partial charge in [-0.05, 0) is 48.1 Å². The van der Waals surface area contributed by atoms with E-state index in [1.165, 1.54) is 6.07 Å². The van der Waals surface area contributed by atoms with Gasteiger partial charge in [-0.2, -0.15) is 0 Å². The summed E-state index contributed by atoms with van der Waals surface area (Å²) in [7, 11) is 0. The molecule has 1 N–H and O–H groups in total. The van der Waals surface area contributed by atoms with E-state index in [0.29, 0.717) is 10.1 Å². The van der Waals surface area contributed by atoms with Crippen LogP contribution in [0.1, 0.15) is 5.56 Å². The predicted octanol–water partition coefficient (Wildman–Crippen LogP) is 4.65. The summed E-state index contributed by atoms with van der Waals surface area (Å²) >= 11 is 17.3. The molecule has 3 rings (SSSR count). The number of nitrogens with one attached hydrogen (secondary N) is 1. The third-order valence-electron chi connectivity index (χ3n) is 4.13. The number of hydrogen-bond donors (Lipinski definition) is 1. The predicted molar refractivity (Wildman–Crippen MR) is 106 cm³/mol. The highest BCUT2D eigenvalue weighted by Gasteiger charge is 2.19. The Morgan fingerprint density at radius 3 is 2.52 bits per heavy atom. The number of thiocarbonyl (C=S) groups is 1. The summed E-state index contributed by atoms with van der Waals surface area (Å²) in [6.07, 6.45) is 0. The number of anilines is 1. The second-order valence-electron chi connectivity index (χ2n) is 5.95. The van der Waals surface area contributed by atoms with E-state index in [4.69, 9.17) is 35.4 Å². The minimum Gasteiger partial charge on any atom is -0.346 e. The summed E-state index contributed by atoms with van der Waals surface area (Å²) in [4.78, 5) is 4.45. The average Bonchev–Trinajstić information content (AvgIpc) is 2.59. The molecule has 0 radical (unpaired) electrons. The van der Waals surface area contributed by atoms with Crippen molar-refractivity contribution in [3.63, 3.8) is 0 Å². The fourth-order valence-corrected chi connectivity index (χ4v) is 3.47. The van der Waals surface area contributed by atoms with Crippen molar-refractivity contribution in [3.8, 4) is 0 Å². The maximum Gasteiger partial charge on any atom is 0.173 e. The van der Waals surface area contributed by atoms with Gasteiger partial charge in [0.05, 0.1) is 5.02 Å². The number of hydrogen-bond acceptors (Lipinski definition) is 2. The Labute approximate surface area is 162 Å². The maximum atomic E-state index is 13.2. The first-order valence-electron chi connectivity index (χ1n) is 7.99. The first kappa shape index (κ1) is 18.4. The molecule has 1 saturated heterocycles. The molecular weight excluding hydrogens is 380 g/mol. The van der Waals surface area contributed by atoms with Gasteiger partial charge in [0.1, 0.15) is 5.82 Å². The largest absolute Gasteiger partial charge is 0.346 e. The lowest BCUT2D eigenvalue weighted by atomic mass is 10.2. The summed E-state index contributed by atoms with van der Waals surface area (Å²) < 4.78 is 13.2. The number of rotatable bonds is 3. The molecular formula is C18H18Cl2FN3S. The number of piperazine rings is 1. The van der Waals surface area contributed by atoms with Gasteiger partial charge in [0.15, 0.2) is 5.11 Å². The average molecular weight is 398 g/mol. The Morgan fingerprint density at radius 1 is 1.08 bits per heavy atom. The molecule has 2 aromatic carbocycles. The lowest BCUT2D eigenvalue weighted by Gasteiger charge is -2.36. The van der Waals surface area contributed by atoms with E-state index < -0.39 is 0 Å². The Bertz CT molecular complexity index is 764. The zero-order valence-electron chi connectivity index (χ0n) is 13.5. The third-order valence-corrected chi connectivity index (χ3v) is 5.01. The Balaban J connectivity index is 1.51. The van der Waals surface area contributed by atoms with Crippen LogP contribution >= 0.6 is 35.4 Å². The standard InChI is InChI=1S/C18H18Cl2FN3S/c19-14-2-1-3-15(11-14)22-18(25)24-8-6-23(7-9-24)12-13-4-5-17(21)16(20)10-13/h1-5,10-11H,6-9,12H2,(H,22,25). The molecule has 25 heavy (non-hydrogen) atoms. The Morgan fingerprint density at radius 2 is 1.84 bits per heavy atom. The van der Waals surface area contributed by atoms with Crippen molar-refractivity contribution in [2.24, 2.45) is 0 Å². The van der Waals surface area contributed by atoms with Crippen molar-refractivity contribution in [3.05, 3.63) is 63.9 Å². The van der Waals surface area contributed by atoms with Crippen molar-refractivity contribution in [2.45, 2.75) is 6.54 Å². The van der Waals surface area contributed by atoms with Crippen molar-refractivity contribution >= 4 is 46.2 Å². The second kappa shape index (κ2) is 8.32. The molecule has 0 saturated carbocycles. The molecule has 0 aliphatic carbocycles. The van der Waals surface area contributed by atoms with Gasteiger partial charge in [-0.1, -0.05) is 35.3 Å². The Kier molecular flexibility index (Phi) is 6.12. The molecule has 7 heteroatoms. The van der Waals surface area contributed by atoms with Gasteiger partial charge in [0, 0.05) is 43.4 Å². The van der Waals surface area contributed by atoms with Gasteiger partial charge in [0.25, 0.3) is 0 Å². The minimum absolute atomic E-state index is 0.169. The summed E-state index contributed by atoms with van der Waals surface area (Å²) in [5, 5.41) is 4.77. The molecule has 0 spiro atoms. The molecule has 0 amide bonds. The zero-order valence-corrected chi connectivity index (χ0v) is 15.8. The van der Waals surface area contributed by atoms with Crippen LogP contribution in [0.2, 0.25) is 10.0 Å². The molecule has 1 fully saturated rings. The topological polar surface area (TPSA) is 18.5 Å². The van der Waals surface area contributed by atoms with Crippen molar-refractivity contribution in [1.29, 1.82) is 0 Å². The lowest BCUT2D eigenvalue weighted by Crippen LogP contribution is -2.49. The monoisotopic (exact) mass is 397 g/mol. The summed E-state index contributed by atoms with van der Waals surface area (Å²) in [6, 6.07) is 12.4. The van der Waals surface area contributed by atoms with Gasteiger partial charge >= 0.3 is 0 Å². The van der Waals surface area contributed by atoms with Gasteiger partial charge in [-0.15, -0.1) is 0 Å². The van der Waals surface area contributed by atoms with Crippen LogP contribution in [0.4, 0.5) is 10.1 Å². The van der Waals surface area contributed by atoms with E-state index in [-0.39, 0.29) is 10.8 Å². The third kappa shape index (κ3) is 5.05. The summed E-state index contributed by atoms with van der Waals surface area (Å²) in [6.45, 7) is 4.18. The highest BCUT2D eigenvalue weighted by Crippen LogP contribution is 2.19. The molecule has 0 aromatic heterocycles. The number of halogens is 3. The highest BCUT2D eigenvalue weighted by molar-refractivity contribution is 7.80. The number of benzene rings is 2. The van der Waals surface area contributed by atoms with E-state index in [1.807, 2.05) is 24.3 Å². The molecule has 0 unspecified atom stereocenters. The van der Waals surface area contributed by atoms with Gasteiger partial charge in [-0.3, -0.25) is 4.90 Å². The van der Waals surface area contributed by atoms with Crippen molar-refractivity contribution in [1.82, 2.24) is 9.80 Å². The molecule has 1 heterocycles. The molecule has 2 aromatic rings. The molecule has 1 aliphatic heterocycles. The van der Waals surface area contributed by atoms with Gasteiger partial charge in [0.2, 0.25) is 0 Å². The van der Waals surface area contributed by atoms with Crippen LogP contribution < -0.4 is 5.32 Å². The fourth-order valence-electron chi connectivity index (χ4n) is 2.77. The first-order chi connectivity index (χ1) is 12.0. The highest BCUT2D eigenvalue weighted by atomic mass is 35.5. The molecule has 0 bridgehead atoms. The quantitative estimate of drug-likeness (QED) is 0.759. The molecule has 1 aliphatic rings. The van der Waals surface area contributed by atoms with E-state index in [0.717, 1.165) is 44.0 Å². The minimum atomic E-state index is -0.382. The first-order valence-corrected chi connectivity index (χ1v) is 9.15. The van der Waals surface area contributed by atoms with Crippen LogP contribution in [0.15, 0.2) is 42.5 Å². The molecule has 0 atom stereocenters. The molecule has 132 valence electrons. The SMILES string of the molecule is Fc1ccc(CN2CCN(C(=S)Nc3cccc(Cl)c3)CC2)cc1Cl. The van der Waals surface area contributed by atoms with E-state index >= 15 is 0 Å². The van der Waals surface area contributed by atoms with E-state index in [2.05, 4.69) is 15.1 Å². The van der Waals surface area contributed by atoms with Crippen LogP contribution in [0.25, 0.3) is 0 Å². The van der Waals surface area contributed by atoms with Gasteiger partial charge in [-0.25, -0.2) is 4.39 Å². The zero-order chi connectivity index (χ0) is 17.8. The van der Waals surface area contributed by atoms with E-state index in [1.54, 1.807) is 12.1 Å². The summed E-state index contributed by atoms with van der Waals surface area (Å²) in [5.41, 5.74) is 1.90. The van der Waals surface area contributed by atoms with Crippen molar-refractivity contribution < 1.29 is 4.39 Å². The lowest BCUT2D eigenvalue weighted by molar-refractivity contribution is 0.177. The van der Waals surface area contributed by atoms with E-state index in [9.17, 15) is 4.39 Å². The van der Waals surface area contributed by atoms with Gasteiger partial charge < -0.3 is 10.2 Å². The fraction of sp³-hybridized carbons (Fsp3) is 0.278. The second-order valence-corrected chi connectivity index (χ2v) is 7.18. The van der Waals surface area contributed by atoms with Crippen LogP contribution in [0, 0.1) is 5.82 Å². The van der Waals surface area contributed by atoms with Crippen LogP contribution in [0.5, 0.6) is 0 Å². The maximum absolute atomic E-state index is 13.2. The number of nitrogens with zero attached hydrogens (tertiary/aromatic N) is 2.